The van der Waals surface area contributed by atoms with Gasteiger partial charge in [-0.2, -0.15) is 0 Å². The molecule has 1 N–H and O–H groups in total. The molecule has 1 aromatic carbocycles. The summed E-state index contributed by atoms with van der Waals surface area (Å²) in [7, 11) is 0. The zero-order chi connectivity index (χ0) is 10.8. The summed E-state index contributed by atoms with van der Waals surface area (Å²) in [4.78, 5) is 15.4. The summed E-state index contributed by atoms with van der Waals surface area (Å²) in [6.07, 6.45) is 1.60. The molecule has 0 aliphatic heterocycles. The van der Waals surface area contributed by atoms with Crippen LogP contribution in [0.15, 0.2) is 30.5 Å². The monoisotopic (exact) mass is 219 g/mol. The average Bonchev–Trinajstić information content (AvgIpc) is 2.68. The Labute approximate surface area is 91.0 Å². The lowest BCUT2D eigenvalue weighted by Crippen LogP contribution is -1.92. The van der Waals surface area contributed by atoms with E-state index in [1.165, 1.54) is 16.9 Å². The first-order chi connectivity index (χ1) is 7.16. The van der Waals surface area contributed by atoms with Crippen molar-refractivity contribution in [2.75, 3.05) is 0 Å². The number of carboxylic acid groups (broad SMARTS) is 1. The summed E-state index contributed by atoms with van der Waals surface area (Å²) in [5.74, 6) is -0.974. The topological polar surface area (TPSA) is 50.2 Å². The van der Waals surface area contributed by atoms with Crippen LogP contribution >= 0.6 is 11.3 Å². The number of benzene rings is 1. The minimum absolute atomic E-state index is 0.130. The summed E-state index contributed by atoms with van der Waals surface area (Å²) < 4.78 is 0. The highest BCUT2D eigenvalue weighted by Crippen LogP contribution is 2.26. The first-order valence-electron chi connectivity index (χ1n) is 4.43. The molecule has 0 fully saturated rings. The molecule has 0 aliphatic carbocycles. The molecule has 0 radical (unpaired) electrons. The molecular formula is C11H9NO2S. The number of hydrogen-bond acceptors (Lipinski definition) is 3. The van der Waals surface area contributed by atoms with Crippen LogP contribution in [0.25, 0.3) is 10.4 Å². The number of carbonyl (C=O) groups is 1. The second-order valence-electron chi connectivity index (χ2n) is 3.20. The zero-order valence-electron chi connectivity index (χ0n) is 8.10. The molecule has 76 valence electrons. The van der Waals surface area contributed by atoms with E-state index in [1.54, 1.807) is 6.20 Å². The van der Waals surface area contributed by atoms with Crippen molar-refractivity contribution in [3.63, 3.8) is 0 Å². The normalized spacial score (nSPS) is 10.2. The standard InChI is InChI=1S/C11H9NO2S/c1-7-2-4-8(5-3-7)9-6-12-10(15-9)11(13)14/h2-6H,1H3,(H,13,14). The summed E-state index contributed by atoms with van der Waals surface area (Å²) >= 11 is 1.19. The van der Waals surface area contributed by atoms with Gasteiger partial charge in [0.05, 0.1) is 4.88 Å². The molecule has 1 heterocycles. The van der Waals surface area contributed by atoms with E-state index in [0.29, 0.717) is 0 Å². The Morgan fingerprint density at radius 3 is 2.53 bits per heavy atom. The predicted octanol–water partition coefficient (Wildman–Crippen LogP) is 2.82. The van der Waals surface area contributed by atoms with E-state index in [9.17, 15) is 4.79 Å². The molecule has 2 aromatic rings. The maximum Gasteiger partial charge on any atom is 0.365 e. The van der Waals surface area contributed by atoms with Gasteiger partial charge in [-0.15, -0.1) is 11.3 Å². The fraction of sp³-hybridized carbons (Fsp3) is 0.0909. The van der Waals surface area contributed by atoms with E-state index in [4.69, 9.17) is 5.11 Å². The number of rotatable bonds is 2. The summed E-state index contributed by atoms with van der Waals surface area (Å²) in [5.41, 5.74) is 2.19. The number of aryl methyl sites for hydroxylation is 1. The summed E-state index contributed by atoms with van der Waals surface area (Å²) in [5, 5.41) is 8.87. The number of nitrogens with zero attached hydrogens (tertiary/aromatic N) is 1. The van der Waals surface area contributed by atoms with Crippen LogP contribution in [0, 0.1) is 6.92 Å². The molecule has 4 heteroatoms. The van der Waals surface area contributed by atoms with Crippen LogP contribution in [0.5, 0.6) is 0 Å². The van der Waals surface area contributed by atoms with Gasteiger partial charge >= 0.3 is 5.97 Å². The fourth-order valence-electron chi connectivity index (χ4n) is 1.22. The van der Waals surface area contributed by atoms with Gasteiger partial charge in [0.25, 0.3) is 0 Å². The van der Waals surface area contributed by atoms with Crippen molar-refractivity contribution in [3.05, 3.63) is 41.0 Å². The molecule has 1 aromatic heterocycles. The molecule has 0 saturated heterocycles. The predicted molar refractivity (Wildman–Crippen MR) is 59.2 cm³/mol. The number of aromatic carboxylic acids is 1. The number of carboxylic acids is 1. The van der Waals surface area contributed by atoms with Crippen molar-refractivity contribution in [2.45, 2.75) is 6.92 Å². The van der Waals surface area contributed by atoms with Gasteiger partial charge in [0.1, 0.15) is 0 Å². The van der Waals surface area contributed by atoms with Crippen LogP contribution in [0.4, 0.5) is 0 Å². The Morgan fingerprint density at radius 1 is 1.33 bits per heavy atom. The molecule has 3 nitrogen and oxygen atoms in total. The van der Waals surface area contributed by atoms with Crippen molar-refractivity contribution in [3.8, 4) is 10.4 Å². The number of aromatic nitrogens is 1. The first kappa shape index (κ1) is 9.86. The smallest absolute Gasteiger partial charge is 0.365 e. The quantitative estimate of drug-likeness (QED) is 0.844. The van der Waals surface area contributed by atoms with Crippen LogP contribution in [0.3, 0.4) is 0 Å². The fourth-order valence-corrected chi connectivity index (χ4v) is 1.98. The number of hydrogen-bond donors (Lipinski definition) is 1. The van der Waals surface area contributed by atoms with Crippen LogP contribution < -0.4 is 0 Å². The van der Waals surface area contributed by atoms with E-state index in [-0.39, 0.29) is 5.01 Å². The maximum absolute atomic E-state index is 10.6. The van der Waals surface area contributed by atoms with Gasteiger partial charge in [0, 0.05) is 6.20 Å². The molecule has 0 unspecified atom stereocenters. The van der Waals surface area contributed by atoms with Crippen molar-refractivity contribution < 1.29 is 9.90 Å². The molecule has 0 aliphatic rings. The lowest BCUT2D eigenvalue weighted by atomic mass is 10.1. The van der Waals surface area contributed by atoms with Gasteiger partial charge in [0.15, 0.2) is 0 Å². The lowest BCUT2D eigenvalue weighted by Gasteiger charge is -1.96. The van der Waals surface area contributed by atoms with E-state index >= 15 is 0 Å². The zero-order valence-corrected chi connectivity index (χ0v) is 8.91. The minimum Gasteiger partial charge on any atom is -0.476 e. The molecule has 0 spiro atoms. The van der Waals surface area contributed by atoms with E-state index in [0.717, 1.165) is 10.4 Å². The minimum atomic E-state index is -0.974. The molecule has 0 atom stereocenters. The van der Waals surface area contributed by atoms with E-state index in [1.807, 2.05) is 31.2 Å². The summed E-state index contributed by atoms with van der Waals surface area (Å²) in [6.45, 7) is 2.01. The SMILES string of the molecule is Cc1ccc(-c2cnc(C(=O)O)s2)cc1. The lowest BCUT2D eigenvalue weighted by molar-refractivity contribution is 0.0696. The van der Waals surface area contributed by atoms with Crippen molar-refractivity contribution in [2.24, 2.45) is 0 Å². The van der Waals surface area contributed by atoms with Crippen LogP contribution in [-0.4, -0.2) is 16.1 Å². The molecule has 0 bridgehead atoms. The van der Waals surface area contributed by atoms with Crippen LogP contribution in [0.2, 0.25) is 0 Å². The molecule has 0 amide bonds. The van der Waals surface area contributed by atoms with Crippen LogP contribution in [0.1, 0.15) is 15.4 Å². The van der Waals surface area contributed by atoms with Gasteiger partial charge in [-0.1, -0.05) is 29.8 Å². The second-order valence-corrected chi connectivity index (χ2v) is 4.23. The summed E-state index contributed by atoms with van der Waals surface area (Å²) in [6, 6.07) is 7.92. The van der Waals surface area contributed by atoms with E-state index in [2.05, 4.69) is 4.98 Å². The first-order valence-corrected chi connectivity index (χ1v) is 5.24. The van der Waals surface area contributed by atoms with Gasteiger partial charge < -0.3 is 5.11 Å². The largest absolute Gasteiger partial charge is 0.476 e. The van der Waals surface area contributed by atoms with Gasteiger partial charge in [0.2, 0.25) is 5.01 Å². The van der Waals surface area contributed by atoms with Crippen molar-refractivity contribution >= 4 is 17.3 Å². The maximum atomic E-state index is 10.6. The Bertz CT molecular complexity index is 488. The Morgan fingerprint density at radius 2 is 2.00 bits per heavy atom. The Balaban J connectivity index is 2.37. The van der Waals surface area contributed by atoms with Gasteiger partial charge in [-0.05, 0) is 12.5 Å². The molecule has 2 rings (SSSR count). The molecule has 15 heavy (non-hydrogen) atoms. The van der Waals surface area contributed by atoms with E-state index < -0.39 is 5.97 Å². The highest BCUT2D eigenvalue weighted by Gasteiger charge is 2.09. The molecular weight excluding hydrogens is 210 g/mol. The van der Waals surface area contributed by atoms with Crippen LogP contribution in [-0.2, 0) is 0 Å². The Hall–Kier alpha value is -1.68. The Kier molecular flexibility index (Phi) is 2.51. The number of thiazole rings is 1. The van der Waals surface area contributed by atoms with Crippen molar-refractivity contribution in [1.29, 1.82) is 0 Å². The second kappa shape index (κ2) is 3.82. The average molecular weight is 219 g/mol. The van der Waals surface area contributed by atoms with Gasteiger partial charge in [-0.25, -0.2) is 9.78 Å². The van der Waals surface area contributed by atoms with Gasteiger partial charge in [-0.3, -0.25) is 0 Å². The highest BCUT2D eigenvalue weighted by molar-refractivity contribution is 7.16. The highest BCUT2D eigenvalue weighted by atomic mass is 32.1. The van der Waals surface area contributed by atoms with Crippen molar-refractivity contribution in [1.82, 2.24) is 4.98 Å². The third-order valence-electron chi connectivity index (χ3n) is 2.02. The third-order valence-corrected chi connectivity index (χ3v) is 3.06. The third kappa shape index (κ3) is 2.05. The molecule has 0 saturated carbocycles.